The predicted octanol–water partition coefficient (Wildman–Crippen LogP) is 15.3. The SMILES string of the molecule is [2H]c1c([2H])c([2H])c(N(c2ccc(-c3ccccc3)cc2)c2ccc(-c3ccc(-c4ccc(N(c5ccc(-c6ccccc6)cc5)c5c([2H])c([2H])c([2H])c([2H])c5[2H])cc4)cc3)cc2)c([2H])c1[2H]. The van der Waals surface area contributed by atoms with Crippen molar-refractivity contribution in [2.75, 3.05) is 9.80 Å². The second-order valence-corrected chi connectivity index (χ2v) is 13.1. The Kier molecular flexibility index (Phi) is 7.04. The van der Waals surface area contributed by atoms with Crippen LogP contribution >= 0.6 is 0 Å². The van der Waals surface area contributed by atoms with Gasteiger partial charge in [0, 0.05) is 34.1 Å². The van der Waals surface area contributed by atoms with Gasteiger partial charge in [0.05, 0.1) is 13.7 Å². The Bertz CT molecular complexity index is 2920. The van der Waals surface area contributed by atoms with E-state index in [9.17, 15) is 0 Å². The van der Waals surface area contributed by atoms with Crippen LogP contribution in [0.15, 0.2) is 242 Å². The Morgan fingerprint density at radius 2 is 0.429 bits per heavy atom. The average molecular weight is 727 g/mol. The van der Waals surface area contributed by atoms with Crippen LogP contribution in [0.2, 0.25) is 0 Å². The summed E-state index contributed by atoms with van der Waals surface area (Å²) in [6.07, 6.45) is 0. The molecule has 9 aromatic rings. The van der Waals surface area contributed by atoms with Gasteiger partial charge in [0.25, 0.3) is 0 Å². The highest BCUT2D eigenvalue weighted by Gasteiger charge is 2.15. The molecule has 56 heavy (non-hydrogen) atoms. The maximum atomic E-state index is 8.84. The first kappa shape index (κ1) is 24.8. The van der Waals surface area contributed by atoms with Crippen LogP contribution in [0.1, 0.15) is 13.7 Å². The van der Waals surface area contributed by atoms with Gasteiger partial charge in [0.15, 0.2) is 0 Å². The van der Waals surface area contributed by atoms with Gasteiger partial charge in [-0.05, 0) is 117 Å². The van der Waals surface area contributed by atoms with Crippen molar-refractivity contribution in [1.29, 1.82) is 0 Å². The monoisotopic (exact) mass is 726 g/mol. The van der Waals surface area contributed by atoms with E-state index in [-0.39, 0.29) is 35.5 Å². The molecule has 266 valence electrons. The molecule has 0 unspecified atom stereocenters. The Labute approximate surface area is 343 Å². The Balaban J connectivity index is 1.02. The third-order valence-corrected chi connectivity index (χ3v) is 9.69. The molecule has 0 fully saturated rings. The van der Waals surface area contributed by atoms with Crippen molar-refractivity contribution in [2.45, 2.75) is 0 Å². The summed E-state index contributed by atoms with van der Waals surface area (Å²) >= 11 is 0. The summed E-state index contributed by atoms with van der Waals surface area (Å²) in [5.74, 6) is 0. The van der Waals surface area contributed by atoms with Gasteiger partial charge in [-0.2, -0.15) is 0 Å². The van der Waals surface area contributed by atoms with E-state index in [1.165, 1.54) is 0 Å². The van der Waals surface area contributed by atoms with Gasteiger partial charge < -0.3 is 9.80 Å². The summed E-state index contributed by atoms with van der Waals surface area (Å²) in [6.45, 7) is 0. The number of nitrogens with zero attached hydrogens (tertiary/aromatic N) is 2. The molecule has 0 saturated heterocycles. The first-order chi connectivity index (χ1) is 31.9. The third kappa shape index (κ3) is 7.37. The minimum Gasteiger partial charge on any atom is -0.311 e. The summed E-state index contributed by atoms with van der Waals surface area (Å²) in [5, 5.41) is 0. The quantitative estimate of drug-likeness (QED) is 0.138. The molecule has 0 radical (unpaired) electrons. The number of hydrogen-bond donors (Lipinski definition) is 0. The van der Waals surface area contributed by atoms with E-state index in [0.29, 0.717) is 22.7 Å². The van der Waals surface area contributed by atoms with Crippen molar-refractivity contribution >= 4 is 34.1 Å². The first-order valence-corrected chi connectivity index (χ1v) is 18.3. The summed E-state index contributed by atoms with van der Waals surface area (Å²) in [6, 6.07) is 54.8. The van der Waals surface area contributed by atoms with Crippen LogP contribution in [-0.2, 0) is 0 Å². The highest BCUT2D eigenvalue weighted by Crippen LogP contribution is 2.39. The zero-order chi connectivity index (χ0) is 46.2. The Hall–Kier alpha value is -7.42. The minimum absolute atomic E-state index is 0.0500. The van der Waals surface area contributed by atoms with Gasteiger partial charge in [0.2, 0.25) is 0 Å². The van der Waals surface area contributed by atoms with Gasteiger partial charge in [-0.1, -0.05) is 170 Å². The van der Waals surface area contributed by atoms with Gasteiger partial charge in [-0.15, -0.1) is 0 Å². The van der Waals surface area contributed by atoms with E-state index >= 15 is 0 Å². The molecule has 9 rings (SSSR count). The lowest BCUT2D eigenvalue weighted by atomic mass is 9.99. The van der Waals surface area contributed by atoms with E-state index in [0.717, 1.165) is 44.5 Å². The zero-order valence-corrected chi connectivity index (χ0v) is 30.2. The second-order valence-electron chi connectivity index (χ2n) is 13.1. The van der Waals surface area contributed by atoms with Gasteiger partial charge in [-0.25, -0.2) is 0 Å². The normalized spacial score (nSPS) is 13.4. The average Bonchev–Trinajstić information content (AvgIpc) is 3.37. The van der Waals surface area contributed by atoms with Crippen LogP contribution in [0.3, 0.4) is 0 Å². The van der Waals surface area contributed by atoms with E-state index < -0.39 is 36.3 Å². The van der Waals surface area contributed by atoms with Crippen LogP contribution in [0.25, 0.3) is 44.5 Å². The van der Waals surface area contributed by atoms with Crippen molar-refractivity contribution in [1.82, 2.24) is 0 Å². The summed E-state index contributed by atoms with van der Waals surface area (Å²) in [7, 11) is 0. The zero-order valence-electron chi connectivity index (χ0n) is 40.2. The Morgan fingerprint density at radius 1 is 0.214 bits per heavy atom. The molecule has 2 nitrogen and oxygen atoms in total. The first-order valence-electron chi connectivity index (χ1n) is 23.3. The predicted molar refractivity (Wildman–Crippen MR) is 238 cm³/mol. The summed E-state index contributed by atoms with van der Waals surface area (Å²) in [5.41, 5.74) is 10.3. The third-order valence-electron chi connectivity index (χ3n) is 9.69. The van der Waals surface area contributed by atoms with E-state index in [2.05, 4.69) is 0 Å². The molecule has 0 spiro atoms. The van der Waals surface area contributed by atoms with E-state index in [1.54, 1.807) is 9.80 Å². The minimum atomic E-state index is -0.455. The fourth-order valence-electron chi connectivity index (χ4n) is 6.85. The standard InChI is InChI=1S/C54H40N2/c1-5-13-41(14-6-1)45-25-33-51(34-26-45)55(49-17-9-3-10-18-49)53-37-29-47(30-38-53)43-21-23-44(24-22-43)48-31-39-54(40-32-48)56(50-19-11-4-12-20-50)52-35-27-46(28-36-52)42-15-7-2-8-16-42/h1-40H/i3D,4D,9D,10D,11D,12D,17D,18D,19D,20D. The van der Waals surface area contributed by atoms with E-state index in [1.807, 2.05) is 182 Å². The summed E-state index contributed by atoms with van der Waals surface area (Å²) < 4.78 is 85.5. The molecule has 0 aliphatic carbocycles. The molecule has 0 aromatic heterocycles. The molecule has 0 N–H and O–H groups in total. The lowest BCUT2D eigenvalue weighted by Gasteiger charge is -2.26. The smallest absolute Gasteiger partial charge is 0.0645 e. The molecule has 0 saturated carbocycles. The number of hydrogen-bond acceptors (Lipinski definition) is 2. The molecule has 0 aliphatic rings. The molecule has 9 aromatic carbocycles. The largest absolute Gasteiger partial charge is 0.311 e. The molecule has 0 amide bonds. The van der Waals surface area contributed by atoms with Crippen LogP contribution in [0.4, 0.5) is 34.1 Å². The van der Waals surface area contributed by atoms with Gasteiger partial charge in [0.1, 0.15) is 0 Å². The number of para-hydroxylation sites is 2. The Morgan fingerprint density at radius 3 is 0.679 bits per heavy atom. The van der Waals surface area contributed by atoms with Crippen LogP contribution < -0.4 is 9.80 Å². The van der Waals surface area contributed by atoms with Crippen LogP contribution in [0, 0.1) is 0 Å². The molecule has 0 atom stereocenters. The molecular weight excluding hydrogens is 677 g/mol. The highest BCUT2D eigenvalue weighted by molar-refractivity contribution is 5.82. The maximum absolute atomic E-state index is 8.84. The van der Waals surface area contributed by atoms with Gasteiger partial charge in [-0.3, -0.25) is 0 Å². The second kappa shape index (κ2) is 15.9. The lowest BCUT2D eigenvalue weighted by molar-refractivity contribution is 1.28. The van der Waals surface area contributed by atoms with Crippen molar-refractivity contribution in [2.24, 2.45) is 0 Å². The maximum Gasteiger partial charge on any atom is 0.0645 e. The molecule has 0 heterocycles. The van der Waals surface area contributed by atoms with Crippen molar-refractivity contribution in [3.05, 3.63) is 242 Å². The number of anilines is 6. The topological polar surface area (TPSA) is 6.48 Å². The summed E-state index contributed by atoms with van der Waals surface area (Å²) in [4.78, 5) is 3.40. The molecule has 0 aliphatic heterocycles. The number of rotatable bonds is 10. The fraction of sp³-hybridized carbons (Fsp3) is 0. The van der Waals surface area contributed by atoms with Gasteiger partial charge >= 0.3 is 0 Å². The lowest BCUT2D eigenvalue weighted by Crippen LogP contribution is -2.09. The van der Waals surface area contributed by atoms with Crippen molar-refractivity contribution < 1.29 is 13.7 Å². The molecule has 0 bridgehead atoms. The molecular formula is C54H40N2. The highest BCUT2D eigenvalue weighted by atomic mass is 15.1. The van der Waals surface area contributed by atoms with Crippen LogP contribution in [0.5, 0.6) is 0 Å². The number of benzene rings is 9. The van der Waals surface area contributed by atoms with E-state index in [4.69, 9.17) is 13.7 Å². The van der Waals surface area contributed by atoms with Crippen molar-refractivity contribution in [3.63, 3.8) is 0 Å². The van der Waals surface area contributed by atoms with Crippen molar-refractivity contribution in [3.8, 4) is 44.5 Å². The molecule has 2 heteroatoms. The van der Waals surface area contributed by atoms with Crippen LogP contribution in [-0.4, -0.2) is 0 Å². The fourth-order valence-corrected chi connectivity index (χ4v) is 6.85.